The molecule has 2 unspecified atom stereocenters. The van der Waals surface area contributed by atoms with Crippen molar-refractivity contribution < 1.29 is 19.1 Å². The monoisotopic (exact) mass is 499 g/mol. The minimum Gasteiger partial charge on any atom is -0.450 e. The molecule has 1 aromatic carbocycles. The van der Waals surface area contributed by atoms with Crippen molar-refractivity contribution in [2.24, 2.45) is 0 Å². The Hall–Kier alpha value is -1.97. The third kappa shape index (κ3) is 4.84. The number of ketones is 1. The lowest BCUT2D eigenvalue weighted by Crippen LogP contribution is -2.52. The Kier molecular flexibility index (Phi) is 7.49. The number of piperidine rings is 1. The molecule has 30 heavy (non-hydrogen) atoms. The first-order valence-electron chi connectivity index (χ1n) is 9.67. The predicted molar refractivity (Wildman–Crippen MR) is 116 cm³/mol. The number of Topliss-reactive ketones (excluding diaryl/α,β-unsaturated/α-hetero) is 1. The number of amides is 1. The van der Waals surface area contributed by atoms with Crippen molar-refractivity contribution in [2.45, 2.75) is 44.9 Å². The van der Waals surface area contributed by atoms with E-state index in [1.165, 1.54) is 17.0 Å². The third-order valence-corrected chi connectivity index (χ3v) is 6.37. The minimum absolute atomic E-state index is 0.0584. The molecule has 0 saturated carbocycles. The molecule has 3 rings (SSSR count). The summed E-state index contributed by atoms with van der Waals surface area (Å²) < 4.78 is 12.5. The maximum atomic E-state index is 12.8. The molecule has 10 heteroatoms. The van der Waals surface area contributed by atoms with Crippen LogP contribution in [0.3, 0.4) is 0 Å². The highest BCUT2D eigenvalue weighted by atomic mass is 79.9. The number of hydrogen-bond acceptors (Lipinski definition) is 6. The first-order valence-corrected chi connectivity index (χ1v) is 10.8. The molecule has 0 spiro atoms. The number of nitrogens with zero attached hydrogens (tertiary/aromatic N) is 3. The van der Waals surface area contributed by atoms with Gasteiger partial charge in [0.1, 0.15) is 0 Å². The molecule has 2 atom stereocenters. The van der Waals surface area contributed by atoms with Crippen molar-refractivity contribution in [1.82, 2.24) is 14.5 Å². The quantitative estimate of drug-likeness (QED) is 0.604. The molecule has 2 heterocycles. The van der Waals surface area contributed by atoms with E-state index in [0.29, 0.717) is 26.9 Å². The predicted octanol–water partition coefficient (Wildman–Crippen LogP) is 3.41. The Morgan fingerprint density at radius 1 is 1.37 bits per heavy atom. The van der Waals surface area contributed by atoms with Crippen LogP contribution in [0.5, 0.6) is 0 Å². The van der Waals surface area contributed by atoms with Gasteiger partial charge >= 0.3 is 6.09 Å². The summed E-state index contributed by atoms with van der Waals surface area (Å²) >= 11 is 9.40. The summed E-state index contributed by atoms with van der Waals surface area (Å²) in [6, 6.07) is 2.75. The Morgan fingerprint density at radius 3 is 2.83 bits per heavy atom. The molecule has 0 bridgehead atoms. The van der Waals surface area contributed by atoms with Crippen molar-refractivity contribution >= 4 is 50.3 Å². The van der Waals surface area contributed by atoms with Crippen LogP contribution in [0.4, 0.5) is 4.79 Å². The topological polar surface area (TPSA) is 90.7 Å². The van der Waals surface area contributed by atoms with Crippen LogP contribution >= 0.6 is 27.5 Å². The standard InChI is InChI=1S/C20H23BrClN3O5/c1-3-30-20(28)25-6-4-5-18(29-2)17(25)7-12(26)10-24-11-23-16-9-14(21)15(22)8-13(16)19(24)27/h8-9,11,17-18H,3-7,10H2,1-2H3. The summed E-state index contributed by atoms with van der Waals surface area (Å²) in [7, 11) is 1.57. The van der Waals surface area contributed by atoms with Crippen LogP contribution in [-0.2, 0) is 20.8 Å². The zero-order chi connectivity index (χ0) is 21.8. The summed E-state index contributed by atoms with van der Waals surface area (Å²) in [6.07, 6.45) is 2.20. The summed E-state index contributed by atoms with van der Waals surface area (Å²) in [6.45, 7) is 2.34. The molecule has 0 aliphatic carbocycles. The van der Waals surface area contributed by atoms with Gasteiger partial charge in [0.15, 0.2) is 5.78 Å². The summed E-state index contributed by atoms with van der Waals surface area (Å²) in [5, 5.41) is 0.722. The van der Waals surface area contributed by atoms with Gasteiger partial charge in [0.2, 0.25) is 0 Å². The summed E-state index contributed by atoms with van der Waals surface area (Å²) in [5.74, 6) is -0.204. The molecule has 1 saturated heterocycles. The maximum Gasteiger partial charge on any atom is 0.410 e. The minimum atomic E-state index is -0.457. The van der Waals surface area contributed by atoms with Gasteiger partial charge in [-0.05, 0) is 47.8 Å². The Labute approximate surface area is 187 Å². The van der Waals surface area contributed by atoms with E-state index < -0.39 is 12.1 Å². The molecule has 1 aliphatic heterocycles. The van der Waals surface area contributed by atoms with Crippen molar-refractivity contribution in [3.05, 3.63) is 38.3 Å². The van der Waals surface area contributed by atoms with Gasteiger partial charge < -0.3 is 14.4 Å². The second kappa shape index (κ2) is 9.89. The zero-order valence-corrected chi connectivity index (χ0v) is 19.1. The highest BCUT2D eigenvalue weighted by Gasteiger charge is 2.36. The maximum absolute atomic E-state index is 12.8. The number of fused-ring (bicyclic) bond motifs is 1. The van der Waals surface area contributed by atoms with E-state index in [4.69, 9.17) is 21.1 Å². The smallest absolute Gasteiger partial charge is 0.410 e. The van der Waals surface area contributed by atoms with E-state index in [2.05, 4.69) is 20.9 Å². The van der Waals surface area contributed by atoms with Gasteiger partial charge in [-0.25, -0.2) is 9.78 Å². The lowest BCUT2D eigenvalue weighted by molar-refractivity contribution is -0.122. The number of halogens is 2. The molecule has 1 amide bonds. The Morgan fingerprint density at radius 2 is 2.13 bits per heavy atom. The van der Waals surface area contributed by atoms with Crippen LogP contribution in [0, 0.1) is 0 Å². The molecule has 0 radical (unpaired) electrons. The van der Waals surface area contributed by atoms with Crippen LogP contribution in [0.15, 0.2) is 27.7 Å². The summed E-state index contributed by atoms with van der Waals surface area (Å²) in [5.41, 5.74) is 0.136. The van der Waals surface area contributed by atoms with Crippen molar-refractivity contribution in [1.29, 1.82) is 0 Å². The number of rotatable bonds is 6. The van der Waals surface area contributed by atoms with E-state index in [-0.39, 0.29) is 37.0 Å². The fraction of sp³-hybridized carbons (Fsp3) is 0.500. The third-order valence-electron chi connectivity index (χ3n) is 5.17. The number of carbonyl (C=O) groups excluding carboxylic acids is 2. The number of methoxy groups -OCH3 is 1. The van der Waals surface area contributed by atoms with Gasteiger partial charge in [0.05, 0.1) is 47.6 Å². The van der Waals surface area contributed by atoms with E-state index in [9.17, 15) is 14.4 Å². The van der Waals surface area contributed by atoms with Gasteiger partial charge in [0, 0.05) is 24.5 Å². The van der Waals surface area contributed by atoms with Gasteiger partial charge in [-0.15, -0.1) is 0 Å². The first-order chi connectivity index (χ1) is 14.3. The van der Waals surface area contributed by atoms with Crippen LogP contribution < -0.4 is 5.56 Å². The van der Waals surface area contributed by atoms with Crippen LogP contribution in [0.2, 0.25) is 5.02 Å². The van der Waals surface area contributed by atoms with E-state index in [1.807, 2.05) is 0 Å². The van der Waals surface area contributed by atoms with Gasteiger partial charge in [-0.1, -0.05) is 11.6 Å². The molecular formula is C20H23BrClN3O5. The fourth-order valence-electron chi connectivity index (χ4n) is 3.73. The van der Waals surface area contributed by atoms with Crippen LogP contribution in [0.25, 0.3) is 10.9 Å². The molecule has 8 nitrogen and oxygen atoms in total. The number of carbonyl (C=O) groups is 2. The molecule has 1 fully saturated rings. The van der Waals surface area contributed by atoms with Crippen LogP contribution in [-0.4, -0.2) is 58.7 Å². The van der Waals surface area contributed by atoms with Crippen molar-refractivity contribution in [3.63, 3.8) is 0 Å². The Balaban J connectivity index is 1.80. The van der Waals surface area contributed by atoms with E-state index in [1.54, 1.807) is 25.0 Å². The summed E-state index contributed by atoms with van der Waals surface area (Å²) in [4.78, 5) is 43.7. The molecule has 1 aliphatic rings. The number of aromatic nitrogens is 2. The highest BCUT2D eigenvalue weighted by Crippen LogP contribution is 2.26. The van der Waals surface area contributed by atoms with Gasteiger partial charge in [-0.3, -0.25) is 14.2 Å². The number of benzene rings is 1. The normalized spacial score (nSPS) is 19.1. The average Bonchev–Trinajstić information content (AvgIpc) is 2.72. The van der Waals surface area contributed by atoms with Gasteiger partial charge in [0.25, 0.3) is 5.56 Å². The SMILES string of the molecule is CCOC(=O)N1CCCC(OC)C1CC(=O)Cn1cnc2cc(Br)c(Cl)cc2c1=O. The second-order valence-electron chi connectivity index (χ2n) is 7.08. The fourth-order valence-corrected chi connectivity index (χ4v) is 4.22. The molecule has 1 aromatic heterocycles. The zero-order valence-electron chi connectivity index (χ0n) is 16.8. The lowest BCUT2D eigenvalue weighted by Gasteiger charge is -2.39. The van der Waals surface area contributed by atoms with E-state index >= 15 is 0 Å². The average molecular weight is 501 g/mol. The van der Waals surface area contributed by atoms with Crippen molar-refractivity contribution in [2.75, 3.05) is 20.3 Å². The highest BCUT2D eigenvalue weighted by molar-refractivity contribution is 9.10. The molecular weight excluding hydrogens is 478 g/mol. The molecule has 0 N–H and O–H groups in total. The largest absolute Gasteiger partial charge is 0.450 e. The Bertz CT molecular complexity index is 1010. The lowest BCUT2D eigenvalue weighted by atomic mass is 9.94. The first kappa shape index (κ1) is 22.7. The number of ether oxygens (including phenoxy) is 2. The number of hydrogen-bond donors (Lipinski definition) is 0. The molecule has 162 valence electrons. The molecule has 2 aromatic rings. The number of likely N-dealkylation sites (tertiary alicyclic amines) is 1. The van der Waals surface area contributed by atoms with Crippen LogP contribution in [0.1, 0.15) is 26.2 Å². The van der Waals surface area contributed by atoms with Gasteiger partial charge in [-0.2, -0.15) is 0 Å². The second-order valence-corrected chi connectivity index (χ2v) is 8.34. The van der Waals surface area contributed by atoms with Crippen molar-refractivity contribution in [3.8, 4) is 0 Å². The van der Waals surface area contributed by atoms with E-state index in [0.717, 1.165) is 12.8 Å².